The van der Waals surface area contributed by atoms with E-state index in [1.165, 1.54) is 24.4 Å². The summed E-state index contributed by atoms with van der Waals surface area (Å²) in [6, 6.07) is 10.4. The molecule has 1 aromatic heterocycles. The third-order valence-electron chi connectivity index (χ3n) is 3.16. The highest BCUT2D eigenvalue weighted by Gasteiger charge is 2.15. The van der Waals surface area contributed by atoms with E-state index in [9.17, 15) is 9.18 Å². The molecule has 2 N–H and O–H groups in total. The van der Waals surface area contributed by atoms with Crippen LogP contribution in [0.25, 0.3) is 11.0 Å². The van der Waals surface area contributed by atoms with Crippen molar-refractivity contribution in [2.45, 2.75) is 0 Å². The number of carbonyl (C=O) groups excluding carboxylic acids is 1. The molecule has 0 aliphatic heterocycles. The first-order chi connectivity index (χ1) is 10.6. The predicted molar refractivity (Wildman–Crippen MR) is 78.5 cm³/mol. The van der Waals surface area contributed by atoms with Gasteiger partial charge in [-0.25, -0.2) is 9.37 Å². The van der Waals surface area contributed by atoms with Crippen molar-refractivity contribution in [1.29, 1.82) is 5.26 Å². The molecule has 0 fully saturated rings. The van der Waals surface area contributed by atoms with Gasteiger partial charge in [0, 0.05) is 11.3 Å². The quantitative estimate of drug-likeness (QED) is 0.578. The van der Waals surface area contributed by atoms with Crippen LogP contribution in [0, 0.1) is 17.1 Å². The lowest BCUT2D eigenvalue weighted by molar-refractivity contribution is 0.103. The molecule has 6 heteroatoms. The average Bonchev–Trinajstić information content (AvgIpc) is 2.53. The molecular weight excluding hydrogens is 283 g/mol. The van der Waals surface area contributed by atoms with Gasteiger partial charge in [0.2, 0.25) is 0 Å². The summed E-state index contributed by atoms with van der Waals surface area (Å²) in [4.78, 5) is 20.5. The summed E-state index contributed by atoms with van der Waals surface area (Å²) in [7, 11) is 0. The minimum Gasteiger partial charge on any atom is -0.399 e. The van der Waals surface area contributed by atoms with Crippen LogP contribution in [0.15, 0.2) is 42.6 Å². The molecule has 0 amide bonds. The first kappa shape index (κ1) is 13.6. The molecule has 3 aromatic rings. The number of nitrogens with two attached hydrogens (primary N) is 1. The smallest absolute Gasteiger partial charge is 0.196 e. The molecule has 1 heterocycles. The fourth-order valence-electron chi connectivity index (χ4n) is 2.08. The van der Waals surface area contributed by atoms with Crippen LogP contribution in [0.2, 0.25) is 0 Å². The largest absolute Gasteiger partial charge is 0.399 e. The van der Waals surface area contributed by atoms with E-state index < -0.39 is 11.6 Å². The molecule has 3 rings (SSSR count). The number of hydrogen-bond acceptors (Lipinski definition) is 5. The SMILES string of the molecule is N#Cc1cnc2ccc(C(=O)c3ccc(N)cc3F)cc2n1. The highest BCUT2D eigenvalue weighted by atomic mass is 19.1. The minimum atomic E-state index is -0.679. The van der Waals surface area contributed by atoms with Crippen molar-refractivity contribution < 1.29 is 9.18 Å². The van der Waals surface area contributed by atoms with Crippen molar-refractivity contribution in [3.05, 3.63) is 65.2 Å². The Bertz CT molecular complexity index is 947. The average molecular weight is 292 g/mol. The molecule has 106 valence electrons. The van der Waals surface area contributed by atoms with E-state index in [1.807, 2.05) is 6.07 Å². The lowest BCUT2D eigenvalue weighted by Gasteiger charge is -2.05. The Hall–Kier alpha value is -3.33. The van der Waals surface area contributed by atoms with Gasteiger partial charge in [-0.05, 0) is 36.4 Å². The first-order valence-electron chi connectivity index (χ1n) is 6.35. The van der Waals surface area contributed by atoms with Gasteiger partial charge < -0.3 is 5.73 Å². The Kier molecular flexibility index (Phi) is 3.24. The van der Waals surface area contributed by atoms with Crippen LogP contribution in [-0.2, 0) is 0 Å². The predicted octanol–water partition coefficient (Wildman–Crippen LogP) is 2.45. The maximum Gasteiger partial charge on any atom is 0.196 e. The van der Waals surface area contributed by atoms with E-state index in [-0.39, 0.29) is 22.5 Å². The number of aromatic nitrogens is 2. The Morgan fingerprint density at radius 2 is 2.00 bits per heavy atom. The van der Waals surface area contributed by atoms with Crippen molar-refractivity contribution in [3.63, 3.8) is 0 Å². The van der Waals surface area contributed by atoms with Gasteiger partial charge in [-0.3, -0.25) is 9.78 Å². The molecule has 0 saturated carbocycles. The topological polar surface area (TPSA) is 92.7 Å². The summed E-state index contributed by atoms with van der Waals surface area (Å²) in [5.74, 6) is -1.16. The number of nitrogens with zero attached hydrogens (tertiary/aromatic N) is 3. The number of hydrogen-bond donors (Lipinski definition) is 1. The number of ketones is 1. The standard InChI is InChI=1S/C16H9FN4O/c17-13-6-10(19)2-3-12(13)16(22)9-1-4-14-15(5-9)21-11(7-18)8-20-14/h1-6,8H,19H2. The van der Waals surface area contributed by atoms with E-state index in [0.29, 0.717) is 11.0 Å². The number of nitrogen functional groups attached to an aromatic ring is 1. The van der Waals surface area contributed by atoms with Gasteiger partial charge in [0.15, 0.2) is 11.5 Å². The number of nitriles is 1. The van der Waals surface area contributed by atoms with Gasteiger partial charge in [-0.2, -0.15) is 5.26 Å². The monoisotopic (exact) mass is 292 g/mol. The molecule has 5 nitrogen and oxygen atoms in total. The van der Waals surface area contributed by atoms with E-state index >= 15 is 0 Å². The summed E-state index contributed by atoms with van der Waals surface area (Å²) < 4.78 is 13.8. The van der Waals surface area contributed by atoms with Crippen molar-refractivity contribution in [3.8, 4) is 6.07 Å². The van der Waals surface area contributed by atoms with Crippen molar-refractivity contribution in [2.75, 3.05) is 5.73 Å². The van der Waals surface area contributed by atoms with Gasteiger partial charge in [-0.1, -0.05) is 0 Å². The molecule has 0 bridgehead atoms. The number of carbonyl (C=O) groups is 1. The van der Waals surface area contributed by atoms with Crippen LogP contribution in [-0.4, -0.2) is 15.8 Å². The zero-order chi connectivity index (χ0) is 15.7. The Labute approximate surface area is 124 Å². The summed E-state index contributed by atoms with van der Waals surface area (Å²) in [5, 5.41) is 8.84. The van der Waals surface area contributed by atoms with Gasteiger partial charge in [0.25, 0.3) is 0 Å². The molecule has 0 aliphatic rings. The highest BCUT2D eigenvalue weighted by molar-refractivity contribution is 6.10. The summed E-state index contributed by atoms with van der Waals surface area (Å²) in [5.41, 5.74) is 7.01. The zero-order valence-corrected chi connectivity index (χ0v) is 11.2. The maximum atomic E-state index is 13.8. The highest BCUT2D eigenvalue weighted by Crippen LogP contribution is 2.19. The number of rotatable bonds is 2. The van der Waals surface area contributed by atoms with Crippen LogP contribution >= 0.6 is 0 Å². The maximum absolute atomic E-state index is 13.8. The molecule has 0 aliphatic carbocycles. The molecule has 0 saturated heterocycles. The van der Waals surface area contributed by atoms with Crippen molar-refractivity contribution in [1.82, 2.24) is 9.97 Å². The van der Waals surface area contributed by atoms with E-state index in [1.54, 1.807) is 12.1 Å². The lowest BCUT2D eigenvalue weighted by atomic mass is 10.0. The van der Waals surface area contributed by atoms with Crippen molar-refractivity contribution in [2.24, 2.45) is 0 Å². The van der Waals surface area contributed by atoms with Crippen molar-refractivity contribution >= 4 is 22.5 Å². The number of anilines is 1. The van der Waals surface area contributed by atoms with Crippen LogP contribution in [0.4, 0.5) is 10.1 Å². The third-order valence-corrected chi connectivity index (χ3v) is 3.16. The van der Waals surface area contributed by atoms with Crippen LogP contribution < -0.4 is 5.73 Å². The molecule has 0 radical (unpaired) electrons. The summed E-state index contributed by atoms with van der Waals surface area (Å²) >= 11 is 0. The first-order valence-corrected chi connectivity index (χ1v) is 6.35. The Morgan fingerprint density at radius 1 is 1.18 bits per heavy atom. The molecule has 0 unspecified atom stereocenters. The van der Waals surface area contributed by atoms with Crippen LogP contribution in [0.5, 0.6) is 0 Å². The fourth-order valence-corrected chi connectivity index (χ4v) is 2.08. The zero-order valence-electron chi connectivity index (χ0n) is 11.2. The molecule has 2 aromatic carbocycles. The van der Waals surface area contributed by atoms with Gasteiger partial charge in [-0.15, -0.1) is 0 Å². The number of fused-ring (bicyclic) bond motifs is 1. The fraction of sp³-hybridized carbons (Fsp3) is 0. The minimum absolute atomic E-state index is 0.0713. The lowest BCUT2D eigenvalue weighted by Crippen LogP contribution is -2.05. The second-order valence-electron chi connectivity index (χ2n) is 4.64. The van der Waals surface area contributed by atoms with E-state index in [0.717, 1.165) is 6.07 Å². The van der Waals surface area contributed by atoms with Gasteiger partial charge in [0.05, 0.1) is 22.8 Å². The Balaban J connectivity index is 2.09. The third kappa shape index (κ3) is 2.36. The normalized spacial score (nSPS) is 10.4. The second-order valence-corrected chi connectivity index (χ2v) is 4.64. The molecule has 22 heavy (non-hydrogen) atoms. The van der Waals surface area contributed by atoms with E-state index in [4.69, 9.17) is 11.0 Å². The summed E-state index contributed by atoms with van der Waals surface area (Å²) in [6.07, 6.45) is 1.35. The van der Waals surface area contributed by atoms with Crippen LogP contribution in [0.1, 0.15) is 21.6 Å². The van der Waals surface area contributed by atoms with Crippen LogP contribution in [0.3, 0.4) is 0 Å². The number of benzene rings is 2. The summed E-state index contributed by atoms with van der Waals surface area (Å²) in [6.45, 7) is 0. The number of halogens is 1. The Morgan fingerprint density at radius 3 is 2.73 bits per heavy atom. The molecular formula is C16H9FN4O. The second kappa shape index (κ2) is 5.22. The van der Waals surface area contributed by atoms with Gasteiger partial charge in [0.1, 0.15) is 11.9 Å². The molecule has 0 spiro atoms. The molecule has 0 atom stereocenters. The van der Waals surface area contributed by atoms with E-state index in [2.05, 4.69) is 9.97 Å². The van der Waals surface area contributed by atoms with Gasteiger partial charge >= 0.3 is 0 Å².